The van der Waals surface area contributed by atoms with Crippen LogP contribution in [0.25, 0.3) is 10.2 Å². The Labute approximate surface area is 126 Å². The van der Waals surface area contributed by atoms with Crippen LogP contribution in [0, 0.1) is 0 Å². The average Bonchev–Trinajstić information content (AvgIpc) is 2.76. The van der Waals surface area contributed by atoms with Crippen molar-refractivity contribution in [2.45, 2.75) is 49.1 Å². The highest BCUT2D eigenvalue weighted by molar-refractivity contribution is 7.98. The Morgan fingerprint density at radius 3 is 2.95 bits per heavy atom. The summed E-state index contributed by atoms with van der Waals surface area (Å²) in [5.41, 5.74) is 1.23. The molecule has 0 bridgehead atoms. The fraction of sp³-hybridized carbons (Fsp3) is 0.538. The van der Waals surface area contributed by atoms with Gasteiger partial charge in [-0.05, 0) is 25.2 Å². The number of hydrogen-bond acceptors (Lipinski definition) is 6. The fourth-order valence-corrected chi connectivity index (χ4v) is 4.29. The molecule has 0 fully saturated rings. The van der Waals surface area contributed by atoms with Gasteiger partial charge in [-0.15, -0.1) is 11.3 Å². The van der Waals surface area contributed by atoms with Crippen molar-refractivity contribution in [2.75, 3.05) is 6.26 Å². The molecule has 2 aromatic heterocycles. The molecule has 1 aliphatic rings. The van der Waals surface area contributed by atoms with Crippen LogP contribution in [-0.2, 0) is 30.4 Å². The number of nitrogens with zero attached hydrogens (tertiary/aromatic N) is 2. The highest BCUT2D eigenvalue weighted by Crippen LogP contribution is 2.40. The van der Waals surface area contributed by atoms with E-state index in [1.165, 1.54) is 22.2 Å². The topological polar surface area (TPSA) is 35.0 Å². The lowest BCUT2D eigenvalue weighted by atomic mass is 9.90. The number of rotatable bonds is 2. The molecule has 0 aromatic carbocycles. The summed E-state index contributed by atoms with van der Waals surface area (Å²) in [5, 5.41) is 2.53. The number of thiophene rings is 1. The first kappa shape index (κ1) is 13.5. The third-order valence-electron chi connectivity index (χ3n) is 3.71. The summed E-state index contributed by atoms with van der Waals surface area (Å²) in [7, 11) is 0. The summed E-state index contributed by atoms with van der Waals surface area (Å²) in [6.45, 7) is 5.00. The zero-order chi connectivity index (χ0) is 13.6. The molecule has 0 saturated carbocycles. The Balaban J connectivity index is 2.18. The Morgan fingerprint density at radius 2 is 2.26 bits per heavy atom. The van der Waals surface area contributed by atoms with E-state index in [9.17, 15) is 0 Å². The molecule has 3 heterocycles. The van der Waals surface area contributed by atoms with Gasteiger partial charge in [-0.3, -0.25) is 4.98 Å². The lowest BCUT2D eigenvalue weighted by molar-refractivity contribution is -0.0543. The van der Waals surface area contributed by atoms with Gasteiger partial charge in [-0.25, -0.2) is 4.98 Å². The number of fused-ring (bicyclic) bond motifs is 3. The largest absolute Gasteiger partial charge is 0.759 e. The van der Waals surface area contributed by atoms with E-state index in [-0.39, 0.29) is 5.60 Å². The minimum Gasteiger partial charge on any atom is -0.759 e. The van der Waals surface area contributed by atoms with Crippen molar-refractivity contribution in [2.24, 2.45) is 0 Å². The highest BCUT2D eigenvalue weighted by Gasteiger charge is 2.32. The van der Waals surface area contributed by atoms with Gasteiger partial charge in [0.2, 0.25) is 0 Å². The van der Waals surface area contributed by atoms with Crippen molar-refractivity contribution in [3.05, 3.63) is 10.4 Å². The molecule has 1 atom stereocenters. The third kappa shape index (κ3) is 2.24. The smallest absolute Gasteiger partial charge is 0.187 e. The van der Waals surface area contributed by atoms with Crippen LogP contribution in [0.3, 0.4) is 0 Å². The maximum Gasteiger partial charge on any atom is 0.187 e. The van der Waals surface area contributed by atoms with Crippen molar-refractivity contribution >= 4 is 45.9 Å². The summed E-state index contributed by atoms with van der Waals surface area (Å²) in [6.07, 6.45) is 3.88. The third-order valence-corrected chi connectivity index (χ3v) is 5.66. The lowest BCUT2D eigenvalue weighted by Gasteiger charge is -2.33. The molecule has 0 amide bonds. The van der Waals surface area contributed by atoms with Crippen LogP contribution < -0.4 is 0 Å². The first-order valence-corrected chi connectivity index (χ1v) is 8.68. The van der Waals surface area contributed by atoms with Gasteiger partial charge in [0.15, 0.2) is 5.16 Å². The zero-order valence-corrected chi connectivity index (χ0v) is 13.6. The Kier molecular flexibility index (Phi) is 3.45. The molecule has 3 rings (SSSR count). The predicted octanol–water partition coefficient (Wildman–Crippen LogP) is 3.56. The van der Waals surface area contributed by atoms with Crippen LogP contribution in [0.15, 0.2) is 10.2 Å². The second kappa shape index (κ2) is 4.84. The Morgan fingerprint density at radius 1 is 1.47 bits per heavy atom. The maximum absolute atomic E-state index is 5.99. The maximum atomic E-state index is 5.99. The minimum atomic E-state index is -0.0824. The predicted molar refractivity (Wildman–Crippen MR) is 82.0 cm³/mol. The molecule has 0 unspecified atom stereocenters. The Bertz CT molecular complexity index is 640. The van der Waals surface area contributed by atoms with E-state index >= 15 is 0 Å². The molecule has 0 aliphatic carbocycles. The molecule has 0 spiro atoms. The average molecular weight is 311 g/mol. The van der Waals surface area contributed by atoms with Crippen LogP contribution in [0.5, 0.6) is 0 Å². The van der Waals surface area contributed by atoms with Crippen molar-refractivity contribution in [3.8, 4) is 0 Å². The van der Waals surface area contributed by atoms with Gasteiger partial charge >= 0.3 is 0 Å². The van der Waals surface area contributed by atoms with Crippen LogP contribution in [0.4, 0.5) is 0 Å². The van der Waals surface area contributed by atoms with Gasteiger partial charge in [0.05, 0.1) is 12.2 Å². The zero-order valence-electron chi connectivity index (χ0n) is 11.1. The molecule has 0 N–H and O–H groups in total. The number of aromatic nitrogens is 2. The molecule has 3 nitrogen and oxygen atoms in total. The summed E-state index contributed by atoms with van der Waals surface area (Å²) in [4.78, 5) is 11.3. The molecule has 2 aromatic rings. The molecular weight excluding hydrogens is 296 g/mol. The van der Waals surface area contributed by atoms with Crippen LogP contribution >= 0.6 is 23.1 Å². The summed E-state index contributed by atoms with van der Waals surface area (Å²) in [5.74, 6) is 0. The summed E-state index contributed by atoms with van der Waals surface area (Å²) in [6, 6.07) is 0. The highest BCUT2D eigenvalue weighted by atomic mass is 32.2. The van der Waals surface area contributed by atoms with Crippen LogP contribution in [0.2, 0.25) is 0 Å². The van der Waals surface area contributed by atoms with Gasteiger partial charge in [0, 0.05) is 16.7 Å². The SMILES string of the molecule is CC[C@@]1(C)Cc2c(sc3nc(SC)nc([S-])c23)CO1. The second-order valence-corrected chi connectivity index (χ2v) is 7.21. The molecule has 0 radical (unpaired) electrons. The van der Waals surface area contributed by atoms with Crippen molar-refractivity contribution in [3.63, 3.8) is 0 Å². The van der Waals surface area contributed by atoms with Crippen LogP contribution in [-0.4, -0.2) is 21.8 Å². The van der Waals surface area contributed by atoms with Crippen molar-refractivity contribution < 1.29 is 4.74 Å². The van der Waals surface area contributed by atoms with Gasteiger partial charge < -0.3 is 17.4 Å². The van der Waals surface area contributed by atoms with E-state index in [4.69, 9.17) is 17.4 Å². The molecule has 1 aliphatic heterocycles. The monoisotopic (exact) mass is 311 g/mol. The molecular formula is C13H15N2OS3-. The van der Waals surface area contributed by atoms with Crippen molar-refractivity contribution in [1.82, 2.24) is 9.97 Å². The minimum absolute atomic E-state index is 0.0824. The Hall–Kier alpha value is -0.430. The first-order valence-electron chi connectivity index (χ1n) is 6.23. The lowest BCUT2D eigenvalue weighted by Crippen LogP contribution is -2.33. The second-order valence-electron chi connectivity index (χ2n) is 4.97. The van der Waals surface area contributed by atoms with E-state index in [0.717, 1.165) is 28.2 Å². The van der Waals surface area contributed by atoms with E-state index in [0.29, 0.717) is 11.6 Å². The van der Waals surface area contributed by atoms with Gasteiger partial charge in [-0.2, -0.15) is 0 Å². The molecule has 102 valence electrons. The summed E-state index contributed by atoms with van der Waals surface area (Å²) >= 11 is 8.69. The van der Waals surface area contributed by atoms with E-state index < -0.39 is 0 Å². The van der Waals surface area contributed by atoms with Gasteiger partial charge in [0.25, 0.3) is 0 Å². The number of thioether (sulfide) groups is 1. The normalized spacial score (nSPS) is 22.7. The fourth-order valence-electron chi connectivity index (χ4n) is 2.34. The van der Waals surface area contributed by atoms with Gasteiger partial charge in [0.1, 0.15) is 4.83 Å². The quantitative estimate of drug-likeness (QED) is 0.367. The molecule has 0 saturated heterocycles. The standard InChI is InChI=1S/C13H16N2OS3/c1-4-13(2)5-7-8(6-16-13)19-11-9(7)10(17)14-12(15-11)18-3/h4-6H2,1-3H3,(H,14,15,17)/p-1/t13-/m0/s1. The molecule has 19 heavy (non-hydrogen) atoms. The van der Waals surface area contributed by atoms with Gasteiger partial charge in [-0.1, -0.05) is 23.7 Å². The van der Waals surface area contributed by atoms with E-state index in [1.54, 1.807) is 11.3 Å². The summed E-state index contributed by atoms with van der Waals surface area (Å²) < 4.78 is 5.99. The van der Waals surface area contributed by atoms with Crippen molar-refractivity contribution in [1.29, 1.82) is 0 Å². The van der Waals surface area contributed by atoms with E-state index in [2.05, 4.69) is 23.8 Å². The number of ether oxygens (including phenoxy) is 1. The van der Waals surface area contributed by atoms with E-state index in [1.807, 2.05) is 6.26 Å². The molecule has 6 heteroatoms. The van der Waals surface area contributed by atoms with Crippen LogP contribution in [0.1, 0.15) is 30.7 Å². The first-order chi connectivity index (χ1) is 9.06. The number of hydrogen-bond donors (Lipinski definition) is 0.